The van der Waals surface area contributed by atoms with Crippen molar-refractivity contribution in [3.8, 4) is 5.75 Å². The number of hydrogen-bond donors (Lipinski definition) is 2. The molecule has 0 spiro atoms. The maximum Gasteiger partial charge on any atom is 0.192 e. The van der Waals surface area contributed by atoms with Crippen molar-refractivity contribution in [3.05, 3.63) is 58.9 Å². The van der Waals surface area contributed by atoms with E-state index in [1.807, 2.05) is 12.1 Å². The molecule has 0 aliphatic heterocycles. The van der Waals surface area contributed by atoms with Crippen LogP contribution in [0.15, 0.2) is 41.5 Å². The van der Waals surface area contributed by atoms with E-state index in [1.165, 1.54) is 5.56 Å². The van der Waals surface area contributed by atoms with Crippen molar-refractivity contribution in [2.45, 2.75) is 40.3 Å². The van der Waals surface area contributed by atoms with Crippen LogP contribution in [0.4, 0.5) is 0 Å². The van der Waals surface area contributed by atoms with Gasteiger partial charge in [0.2, 0.25) is 0 Å². The fourth-order valence-corrected chi connectivity index (χ4v) is 2.63. The Kier molecular flexibility index (Phi) is 6.81. The molecule has 0 radical (unpaired) electrons. The zero-order valence-electron chi connectivity index (χ0n) is 15.8. The van der Waals surface area contributed by atoms with E-state index in [9.17, 15) is 0 Å². The van der Waals surface area contributed by atoms with Gasteiger partial charge in [0, 0.05) is 18.3 Å². The molecule has 0 fully saturated rings. The number of benzene rings is 1. The third-order valence-corrected chi connectivity index (χ3v) is 4.05. The molecule has 1 aromatic heterocycles. The van der Waals surface area contributed by atoms with Gasteiger partial charge in [-0.15, -0.1) is 0 Å². The minimum absolute atomic E-state index is 0.0671. The summed E-state index contributed by atoms with van der Waals surface area (Å²) in [4.78, 5) is 9.08. The average molecular weight is 340 g/mol. The van der Waals surface area contributed by atoms with Crippen LogP contribution in [-0.2, 0) is 6.54 Å². The molecular weight excluding hydrogens is 312 g/mol. The van der Waals surface area contributed by atoms with Gasteiger partial charge < -0.3 is 15.4 Å². The molecule has 134 valence electrons. The summed E-state index contributed by atoms with van der Waals surface area (Å²) in [5.41, 5.74) is 4.45. The quantitative estimate of drug-likeness (QED) is 0.624. The maximum absolute atomic E-state index is 5.50. The highest BCUT2D eigenvalue weighted by Crippen LogP contribution is 2.25. The van der Waals surface area contributed by atoms with Crippen LogP contribution in [0.3, 0.4) is 0 Å². The van der Waals surface area contributed by atoms with Crippen LogP contribution in [0.5, 0.6) is 5.75 Å². The lowest BCUT2D eigenvalue weighted by Crippen LogP contribution is -2.38. The largest absolute Gasteiger partial charge is 0.496 e. The Morgan fingerprint density at radius 1 is 1.28 bits per heavy atom. The molecule has 1 aromatic carbocycles. The first-order chi connectivity index (χ1) is 12.0. The minimum atomic E-state index is 0.0671. The van der Waals surface area contributed by atoms with Crippen LogP contribution < -0.4 is 15.4 Å². The van der Waals surface area contributed by atoms with E-state index in [2.05, 4.69) is 66.5 Å². The van der Waals surface area contributed by atoms with Crippen molar-refractivity contribution < 1.29 is 4.74 Å². The lowest BCUT2D eigenvalue weighted by Gasteiger charge is -2.20. The Balaban J connectivity index is 2.16. The number of pyridine rings is 1. The van der Waals surface area contributed by atoms with Gasteiger partial charge in [-0.3, -0.25) is 4.98 Å². The molecule has 25 heavy (non-hydrogen) atoms. The van der Waals surface area contributed by atoms with E-state index in [4.69, 9.17) is 4.74 Å². The summed E-state index contributed by atoms with van der Waals surface area (Å²) in [5.74, 6) is 1.64. The third-order valence-electron chi connectivity index (χ3n) is 4.05. The lowest BCUT2D eigenvalue weighted by atomic mass is 10.0. The minimum Gasteiger partial charge on any atom is -0.496 e. The van der Waals surface area contributed by atoms with Crippen LogP contribution in [0.25, 0.3) is 0 Å². The number of methoxy groups -OCH3 is 1. The average Bonchev–Trinajstić information content (AvgIpc) is 2.61. The van der Waals surface area contributed by atoms with Crippen molar-refractivity contribution in [2.24, 2.45) is 4.99 Å². The highest BCUT2D eigenvalue weighted by atomic mass is 16.5. The van der Waals surface area contributed by atoms with Gasteiger partial charge in [0.25, 0.3) is 0 Å². The number of nitrogens with one attached hydrogen (secondary N) is 2. The number of aromatic nitrogens is 1. The Bertz CT molecular complexity index is 727. The molecule has 1 atom stereocenters. The SMILES string of the molecule is CCNC(=NCc1ncccc1C)NC(C)c1cc(C)ccc1OC. The van der Waals surface area contributed by atoms with Crippen molar-refractivity contribution in [1.29, 1.82) is 0 Å². The molecule has 1 heterocycles. The highest BCUT2D eigenvalue weighted by molar-refractivity contribution is 5.80. The van der Waals surface area contributed by atoms with E-state index in [0.29, 0.717) is 6.54 Å². The van der Waals surface area contributed by atoms with Crippen LogP contribution in [-0.4, -0.2) is 24.6 Å². The van der Waals surface area contributed by atoms with E-state index in [1.54, 1.807) is 13.3 Å². The van der Waals surface area contributed by atoms with Gasteiger partial charge in [-0.05, 0) is 45.4 Å². The summed E-state index contributed by atoms with van der Waals surface area (Å²) in [5, 5.41) is 6.75. The molecule has 0 amide bonds. The number of hydrogen-bond acceptors (Lipinski definition) is 3. The number of aliphatic imine (C=N–C) groups is 1. The summed E-state index contributed by atoms with van der Waals surface area (Å²) in [6.07, 6.45) is 1.80. The maximum atomic E-state index is 5.50. The van der Waals surface area contributed by atoms with Gasteiger partial charge in [-0.2, -0.15) is 0 Å². The van der Waals surface area contributed by atoms with Crippen molar-refractivity contribution in [1.82, 2.24) is 15.6 Å². The van der Waals surface area contributed by atoms with Crippen molar-refractivity contribution in [2.75, 3.05) is 13.7 Å². The molecule has 0 aliphatic rings. The predicted octanol–water partition coefficient (Wildman–Crippen LogP) is 3.52. The van der Waals surface area contributed by atoms with Crippen molar-refractivity contribution in [3.63, 3.8) is 0 Å². The standard InChI is InChI=1S/C20H28N4O/c1-6-21-20(23-13-18-15(3)8-7-11-22-18)24-16(4)17-12-14(2)9-10-19(17)25-5/h7-12,16H,6,13H2,1-5H3,(H2,21,23,24). The fraction of sp³-hybridized carbons (Fsp3) is 0.400. The number of nitrogens with zero attached hydrogens (tertiary/aromatic N) is 2. The Morgan fingerprint density at radius 2 is 2.08 bits per heavy atom. The van der Waals surface area contributed by atoms with E-state index >= 15 is 0 Å². The van der Waals surface area contributed by atoms with Crippen LogP contribution in [0.2, 0.25) is 0 Å². The first kappa shape index (κ1) is 18.8. The monoisotopic (exact) mass is 340 g/mol. The van der Waals surface area contributed by atoms with Gasteiger partial charge in [0.05, 0.1) is 25.4 Å². The topological polar surface area (TPSA) is 58.5 Å². The molecule has 2 N–H and O–H groups in total. The van der Waals surface area contributed by atoms with Crippen molar-refractivity contribution >= 4 is 5.96 Å². The number of ether oxygens (including phenoxy) is 1. The smallest absolute Gasteiger partial charge is 0.192 e. The normalized spacial score (nSPS) is 12.6. The van der Waals surface area contributed by atoms with E-state index in [0.717, 1.165) is 35.1 Å². The molecule has 5 heteroatoms. The summed E-state index contributed by atoms with van der Waals surface area (Å²) in [6.45, 7) is 9.64. The summed E-state index contributed by atoms with van der Waals surface area (Å²) >= 11 is 0. The van der Waals surface area contributed by atoms with E-state index in [-0.39, 0.29) is 6.04 Å². The third kappa shape index (κ3) is 5.21. The molecule has 0 saturated carbocycles. The van der Waals surface area contributed by atoms with Crippen LogP contribution in [0.1, 0.15) is 42.3 Å². The summed E-state index contributed by atoms with van der Waals surface area (Å²) in [7, 11) is 1.70. The predicted molar refractivity (Wildman–Crippen MR) is 103 cm³/mol. The molecular formula is C20H28N4O. The number of aryl methyl sites for hydroxylation is 2. The molecule has 0 aliphatic carbocycles. The fourth-order valence-electron chi connectivity index (χ4n) is 2.63. The first-order valence-electron chi connectivity index (χ1n) is 8.65. The Hall–Kier alpha value is -2.56. The number of rotatable bonds is 6. The molecule has 2 rings (SSSR count). The zero-order chi connectivity index (χ0) is 18.2. The molecule has 0 saturated heterocycles. The summed E-state index contributed by atoms with van der Waals surface area (Å²) < 4.78 is 5.50. The lowest BCUT2D eigenvalue weighted by molar-refractivity contribution is 0.405. The molecule has 0 bridgehead atoms. The molecule has 2 aromatic rings. The molecule has 1 unspecified atom stereocenters. The van der Waals surface area contributed by atoms with Crippen LogP contribution in [0, 0.1) is 13.8 Å². The first-order valence-corrected chi connectivity index (χ1v) is 8.65. The zero-order valence-corrected chi connectivity index (χ0v) is 15.8. The van der Waals surface area contributed by atoms with Gasteiger partial charge in [0.1, 0.15) is 5.75 Å². The van der Waals surface area contributed by atoms with Gasteiger partial charge >= 0.3 is 0 Å². The van der Waals surface area contributed by atoms with Crippen LogP contribution >= 0.6 is 0 Å². The van der Waals surface area contributed by atoms with E-state index < -0.39 is 0 Å². The van der Waals surface area contributed by atoms with Gasteiger partial charge in [0.15, 0.2) is 5.96 Å². The Labute approximate surface area is 150 Å². The second-order valence-corrected chi connectivity index (χ2v) is 6.07. The summed E-state index contributed by atoms with van der Waals surface area (Å²) in [6, 6.07) is 10.3. The highest BCUT2D eigenvalue weighted by Gasteiger charge is 2.13. The molecule has 5 nitrogen and oxygen atoms in total. The second kappa shape index (κ2) is 9.06. The van der Waals surface area contributed by atoms with Gasteiger partial charge in [-0.1, -0.05) is 23.8 Å². The number of guanidine groups is 1. The second-order valence-electron chi connectivity index (χ2n) is 6.07. The Morgan fingerprint density at radius 3 is 2.76 bits per heavy atom. The van der Waals surface area contributed by atoms with Gasteiger partial charge in [-0.25, -0.2) is 4.99 Å².